The molecule has 0 unspecified atom stereocenters. The highest BCUT2D eigenvalue weighted by Gasteiger charge is 2.11. The zero-order valence-corrected chi connectivity index (χ0v) is 14.4. The van der Waals surface area contributed by atoms with Crippen LogP contribution in [0.5, 0.6) is 0 Å². The van der Waals surface area contributed by atoms with Crippen molar-refractivity contribution in [3.63, 3.8) is 0 Å². The number of rotatable bonds is 5. The van der Waals surface area contributed by atoms with Crippen LogP contribution >= 0.6 is 0 Å². The number of halogens is 1. The number of aryl methyl sites for hydroxylation is 1. The first-order chi connectivity index (χ1) is 11.2. The van der Waals surface area contributed by atoms with Crippen LogP contribution in [0.15, 0.2) is 79.1 Å². The van der Waals surface area contributed by atoms with Gasteiger partial charge in [-0.05, 0) is 24.5 Å². The summed E-state index contributed by atoms with van der Waals surface area (Å²) < 4.78 is 1.93. The second-order valence-electron chi connectivity index (χ2n) is 5.83. The number of aromatic nitrogens is 1. The van der Waals surface area contributed by atoms with E-state index >= 15 is 0 Å². The Labute approximate surface area is 149 Å². The highest BCUT2D eigenvalue weighted by atomic mass is 35.5. The van der Waals surface area contributed by atoms with Gasteiger partial charge in [-0.3, -0.25) is 4.79 Å². The first-order valence-electron chi connectivity index (χ1n) is 7.82. The summed E-state index contributed by atoms with van der Waals surface area (Å²) in [5.41, 5.74) is 4.46. The number of carbonyl (C=O) groups is 1. The predicted molar refractivity (Wildman–Crippen MR) is 91.4 cm³/mol. The fraction of sp³-hybridized carbons (Fsp3) is 0.143. The molecule has 3 rings (SSSR count). The molecule has 0 fully saturated rings. The van der Waals surface area contributed by atoms with E-state index in [1.54, 1.807) is 0 Å². The Morgan fingerprint density at radius 3 is 2.04 bits per heavy atom. The number of hydrogen-bond donors (Lipinski definition) is 0. The molecule has 122 valence electrons. The van der Waals surface area contributed by atoms with E-state index in [2.05, 4.69) is 36.4 Å². The van der Waals surface area contributed by atoms with Crippen molar-refractivity contribution in [1.82, 2.24) is 0 Å². The third-order valence-corrected chi connectivity index (χ3v) is 3.91. The van der Waals surface area contributed by atoms with Crippen molar-refractivity contribution in [2.24, 2.45) is 0 Å². The van der Waals surface area contributed by atoms with E-state index < -0.39 is 0 Å². The van der Waals surface area contributed by atoms with Gasteiger partial charge in [-0.25, -0.2) is 0 Å². The van der Waals surface area contributed by atoms with Gasteiger partial charge in [0, 0.05) is 17.7 Å². The van der Waals surface area contributed by atoms with Crippen LogP contribution < -0.4 is 17.0 Å². The molecular formula is C21H20ClNO. The third-order valence-electron chi connectivity index (χ3n) is 3.91. The normalized spacial score (nSPS) is 10.0. The number of hydrogen-bond acceptors (Lipinski definition) is 1. The number of carbonyl (C=O) groups excluding carboxylic acids is 1. The summed E-state index contributed by atoms with van der Waals surface area (Å²) in [6, 6.07) is 22.3. The Morgan fingerprint density at radius 2 is 1.42 bits per heavy atom. The third kappa shape index (κ3) is 4.77. The average Bonchev–Trinajstić information content (AvgIpc) is 2.58. The van der Waals surface area contributed by atoms with Crippen LogP contribution in [0.25, 0.3) is 0 Å². The quantitative estimate of drug-likeness (QED) is 0.497. The maximum absolute atomic E-state index is 12.3. The van der Waals surface area contributed by atoms with Gasteiger partial charge in [0.15, 0.2) is 12.4 Å². The standard InChI is InChI=1S/C21H20NO.ClH/c1-17-7-9-20(10-8-17)21(23)16-22-13-11-19(12-14-22)15-18-5-3-2-4-6-18;/h2-14H,15-16H2,1H3;1H/q+1;/p-1. The summed E-state index contributed by atoms with van der Waals surface area (Å²) in [6.45, 7) is 2.39. The lowest BCUT2D eigenvalue weighted by Gasteiger charge is -2.02. The van der Waals surface area contributed by atoms with Gasteiger partial charge in [-0.1, -0.05) is 60.2 Å². The molecule has 2 nitrogen and oxygen atoms in total. The molecule has 0 atom stereocenters. The van der Waals surface area contributed by atoms with Gasteiger partial charge in [0.2, 0.25) is 12.3 Å². The van der Waals surface area contributed by atoms with Crippen LogP contribution in [-0.4, -0.2) is 5.78 Å². The van der Waals surface area contributed by atoms with E-state index in [4.69, 9.17) is 0 Å². The van der Waals surface area contributed by atoms with Gasteiger partial charge in [-0.2, -0.15) is 4.57 Å². The van der Waals surface area contributed by atoms with Crippen LogP contribution in [-0.2, 0) is 13.0 Å². The van der Waals surface area contributed by atoms with E-state index in [0.29, 0.717) is 6.54 Å². The molecular weight excluding hydrogens is 318 g/mol. The fourth-order valence-electron chi connectivity index (χ4n) is 2.54. The van der Waals surface area contributed by atoms with Crippen molar-refractivity contribution in [3.8, 4) is 0 Å². The lowest BCUT2D eigenvalue weighted by Crippen LogP contribution is -3.00. The lowest BCUT2D eigenvalue weighted by molar-refractivity contribution is -0.683. The summed E-state index contributed by atoms with van der Waals surface area (Å²) >= 11 is 0. The van der Waals surface area contributed by atoms with Gasteiger partial charge >= 0.3 is 0 Å². The number of benzene rings is 2. The van der Waals surface area contributed by atoms with E-state index in [1.807, 2.05) is 54.2 Å². The molecule has 0 bridgehead atoms. The van der Waals surface area contributed by atoms with Gasteiger partial charge in [-0.15, -0.1) is 0 Å². The van der Waals surface area contributed by atoms with E-state index in [0.717, 1.165) is 12.0 Å². The molecule has 0 aliphatic carbocycles. The fourth-order valence-corrected chi connectivity index (χ4v) is 2.54. The number of pyridine rings is 1. The highest BCUT2D eigenvalue weighted by Crippen LogP contribution is 2.08. The van der Waals surface area contributed by atoms with E-state index in [-0.39, 0.29) is 18.2 Å². The lowest BCUT2D eigenvalue weighted by atomic mass is 10.1. The summed E-state index contributed by atoms with van der Waals surface area (Å²) in [5.74, 6) is 0.130. The van der Waals surface area contributed by atoms with Gasteiger partial charge in [0.05, 0.1) is 0 Å². The Kier molecular flexibility index (Phi) is 6.28. The molecule has 1 aromatic heterocycles. The number of ketones is 1. The van der Waals surface area contributed by atoms with Gasteiger partial charge in [0.25, 0.3) is 0 Å². The molecule has 1 heterocycles. The highest BCUT2D eigenvalue weighted by molar-refractivity contribution is 5.95. The summed E-state index contributed by atoms with van der Waals surface area (Å²) in [7, 11) is 0. The molecule has 3 heteroatoms. The summed E-state index contributed by atoms with van der Waals surface area (Å²) in [5, 5.41) is 0. The van der Waals surface area contributed by atoms with Gasteiger partial charge in [0.1, 0.15) is 0 Å². The van der Waals surface area contributed by atoms with Crippen molar-refractivity contribution < 1.29 is 21.8 Å². The number of nitrogens with zero attached hydrogens (tertiary/aromatic N) is 1. The van der Waals surface area contributed by atoms with Crippen LogP contribution in [0.1, 0.15) is 27.0 Å². The summed E-state index contributed by atoms with van der Waals surface area (Å²) in [6.07, 6.45) is 4.86. The SMILES string of the molecule is Cc1ccc(C(=O)C[n+]2ccc(Cc3ccccc3)cc2)cc1.[Cl-]. The van der Waals surface area contributed by atoms with E-state index in [9.17, 15) is 4.79 Å². The minimum absolute atomic E-state index is 0. The van der Waals surface area contributed by atoms with Gasteiger partial charge < -0.3 is 12.4 Å². The molecule has 2 aromatic carbocycles. The zero-order chi connectivity index (χ0) is 16.1. The smallest absolute Gasteiger partial charge is 0.227 e. The second kappa shape index (κ2) is 8.42. The Bertz CT molecular complexity index is 780. The molecule has 0 aliphatic heterocycles. The van der Waals surface area contributed by atoms with Crippen molar-refractivity contribution >= 4 is 5.78 Å². The molecule has 0 radical (unpaired) electrons. The first kappa shape index (κ1) is 17.9. The maximum atomic E-state index is 12.3. The summed E-state index contributed by atoms with van der Waals surface area (Å²) in [4.78, 5) is 12.3. The molecule has 0 saturated carbocycles. The Morgan fingerprint density at radius 1 is 0.833 bits per heavy atom. The van der Waals surface area contributed by atoms with Crippen LogP contribution in [0.2, 0.25) is 0 Å². The van der Waals surface area contributed by atoms with Crippen molar-refractivity contribution in [1.29, 1.82) is 0 Å². The van der Waals surface area contributed by atoms with E-state index in [1.165, 1.54) is 16.7 Å². The van der Waals surface area contributed by atoms with Crippen molar-refractivity contribution in [3.05, 3.63) is 101 Å². The largest absolute Gasteiger partial charge is 1.00 e. The minimum Gasteiger partial charge on any atom is -1.00 e. The first-order valence-corrected chi connectivity index (χ1v) is 7.82. The maximum Gasteiger partial charge on any atom is 0.227 e. The van der Waals surface area contributed by atoms with Crippen molar-refractivity contribution in [2.45, 2.75) is 19.9 Å². The van der Waals surface area contributed by atoms with Crippen LogP contribution in [0, 0.1) is 6.92 Å². The monoisotopic (exact) mass is 337 g/mol. The molecule has 0 aliphatic rings. The molecule has 0 N–H and O–H groups in total. The van der Waals surface area contributed by atoms with Crippen LogP contribution in [0.4, 0.5) is 0 Å². The predicted octanol–water partition coefficient (Wildman–Crippen LogP) is 0.760. The molecule has 0 amide bonds. The second-order valence-corrected chi connectivity index (χ2v) is 5.83. The Balaban J connectivity index is 0.00000208. The Hall–Kier alpha value is -2.45. The zero-order valence-electron chi connectivity index (χ0n) is 13.7. The topological polar surface area (TPSA) is 20.9 Å². The van der Waals surface area contributed by atoms with Crippen LogP contribution in [0.3, 0.4) is 0 Å². The van der Waals surface area contributed by atoms with Crippen molar-refractivity contribution in [2.75, 3.05) is 0 Å². The molecule has 3 aromatic rings. The molecule has 0 saturated heterocycles. The average molecular weight is 338 g/mol. The molecule has 0 spiro atoms. The molecule has 24 heavy (non-hydrogen) atoms. The minimum atomic E-state index is 0. The number of Topliss-reactive ketones (excluding diaryl/α,β-unsaturated/α-hetero) is 1.